The van der Waals surface area contributed by atoms with E-state index in [1.54, 1.807) is 0 Å². The van der Waals surface area contributed by atoms with Crippen LogP contribution in [-0.2, 0) is 0 Å². The molecule has 3 nitrogen and oxygen atoms in total. The van der Waals surface area contributed by atoms with E-state index in [2.05, 4.69) is 37.5 Å². The lowest BCUT2D eigenvalue weighted by Gasteiger charge is -2.53. The minimum absolute atomic E-state index is 0.281. The van der Waals surface area contributed by atoms with Crippen LogP contribution in [0.4, 0.5) is 0 Å². The zero-order valence-electron chi connectivity index (χ0n) is 14.1. The minimum atomic E-state index is 0.281. The molecule has 3 heteroatoms. The van der Waals surface area contributed by atoms with Crippen LogP contribution in [0.5, 0.6) is 0 Å². The van der Waals surface area contributed by atoms with Gasteiger partial charge in [-0.2, -0.15) is 0 Å². The molecule has 20 heavy (non-hydrogen) atoms. The van der Waals surface area contributed by atoms with Crippen molar-refractivity contribution in [2.75, 3.05) is 32.7 Å². The van der Waals surface area contributed by atoms with Gasteiger partial charge in [-0.15, -0.1) is 0 Å². The highest BCUT2D eigenvalue weighted by Gasteiger charge is 2.44. The first-order valence-electron chi connectivity index (χ1n) is 8.62. The third-order valence-corrected chi connectivity index (χ3v) is 5.88. The molecule has 1 saturated carbocycles. The Hall–Kier alpha value is -0.120. The molecule has 0 aromatic rings. The normalized spacial score (nSPS) is 34.0. The molecule has 0 aromatic heterocycles. The van der Waals surface area contributed by atoms with Gasteiger partial charge in [0.2, 0.25) is 0 Å². The summed E-state index contributed by atoms with van der Waals surface area (Å²) in [5, 5.41) is 0. The first-order chi connectivity index (χ1) is 9.42. The van der Waals surface area contributed by atoms with Crippen LogP contribution in [0.3, 0.4) is 0 Å². The van der Waals surface area contributed by atoms with Crippen molar-refractivity contribution in [2.24, 2.45) is 11.1 Å². The molecular weight excluding hydrogens is 246 g/mol. The highest BCUT2D eigenvalue weighted by atomic mass is 15.3. The van der Waals surface area contributed by atoms with E-state index in [1.165, 1.54) is 58.3 Å². The van der Waals surface area contributed by atoms with Crippen LogP contribution in [0.2, 0.25) is 0 Å². The molecule has 2 unspecified atom stereocenters. The van der Waals surface area contributed by atoms with Gasteiger partial charge in [-0.05, 0) is 38.0 Å². The second kappa shape index (κ2) is 6.33. The fourth-order valence-electron chi connectivity index (χ4n) is 4.43. The molecule has 118 valence electrons. The summed E-state index contributed by atoms with van der Waals surface area (Å²) < 4.78 is 0. The van der Waals surface area contributed by atoms with Gasteiger partial charge in [0.25, 0.3) is 0 Å². The minimum Gasteiger partial charge on any atom is -0.329 e. The predicted molar refractivity (Wildman–Crippen MR) is 86.9 cm³/mol. The molecule has 0 bridgehead atoms. The average molecular weight is 281 g/mol. The molecule has 2 rings (SSSR count). The molecule has 0 radical (unpaired) electrons. The summed E-state index contributed by atoms with van der Waals surface area (Å²) in [6.07, 6.45) is 6.54. The van der Waals surface area contributed by atoms with Crippen molar-refractivity contribution in [2.45, 2.75) is 71.4 Å². The highest BCUT2D eigenvalue weighted by Crippen LogP contribution is 2.43. The molecule has 2 N–H and O–H groups in total. The molecule has 1 aliphatic heterocycles. The Morgan fingerprint density at radius 1 is 1.10 bits per heavy atom. The van der Waals surface area contributed by atoms with E-state index < -0.39 is 0 Å². The Balaban J connectivity index is 2.00. The van der Waals surface area contributed by atoms with E-state index in [4.69, 9.17) is 5.73 Å². The average Bonchev–Trinajstić information content (AvgIpc) is 2.45. The molecule has 0 aromatic carbocycles. The van der Waals surface area contributed by atoms with Crippen LogP contribution >= 0.6 is 0 Å². The zero-order chi connectivity index (χ0) is 14.8. The second-order valence-corrected chi connectivity index (χ2v) is 7.90. The SMILES string of the molecule is CCC(C)N1CCN(C2(CN)CCCC(C)(C)C2)CC1. The number of hydrogen-bond donors (Lipinski definition) is 1. The smallest absolute Gasteiger partial charge is 0.0337 e. The highest BCUT2D eigenvalue weighted by molar-refractivity contribution is 5.00. The maximum absolute atomic E-state index is 6.26. The van der Waals surface area contributed by atoms with Gasteiger partial charge in [0.15, 0.2) is 0 Å². The van der Waals surface area contributed by atoms with Crippen molar-refractivity contribution >= 4 is 0 Å². The number of nitrogens with zero attached hydrogens (tertiary/aromatic N) is 2. The number of rotatable bonds is 4. The molecule has 2 aliphatic rings. The lowest BCUT2D eigenvalue weighted by atomic mass is 9.67. The lowest BCUT2D eigenvalue weighted by Crippen LogP contribution is -2.63. The Labute approximate surface area is 125 Å². The molecule has 1 saturated heterocycles. The zero-order valence-corrected chi connectivity index (χ0v) is 14.1. The summed E-state index contributed by atoms with van der Waals surface area (Å²) in [5.41, 5.74) is 7.00. The van der Waals surface area contributed by atoms with E-state index in [0.29, 0.717) is 5.41 Å². The topological polar surface area (TPSA) is 32.5 Å². The van der Waals surface area contributed by atoms with Crippen molar-refractivity contribution < 1.29 is 0 Å². The van der Waals surface area contributed by atoms with Gasteiger partial charge >= 0.3 is 0 Å². The third-order valence-electron chi connectivity index (χ3n) is 5.88. The van der Waals surface area contributed by atoms with Crippen LogP contribution in [0.25, 0.3) is 0 Å². The number of piperazine rings is 1. The Morgan fingerprint density at radius 2 is 1.75 bits per heavy atom. The Morgan fingerprint density at radius 3 is 2.25 bits per heavy atom. The van der Waals surface area contributed by atoms with Gasteiger partial charge in [-0.1, -0.05) is 27.2 Å². The second-order valence-electron chi connectivity index (χ2n) is 7.90. The molecule has 2 atom stereocenters. The van der Waals surface area contributed by atoms with E-state index in [-0.39, 0.29) is 5.54 Å². The Bertz CT molecular complexity index is 307. The summed E-state index contributed by atoms with van der Waals surface area (Å²) in [6, 6.07) is 0.730. The molecule has 1 aliphatic carbocycles. The van der Waals surface area contributed by atoms with Crippen molar-refractivity contribution in [1.29, 1.82) is 0 Å². The molecule has 0 spiro atoms. The number of nitrogens with two attached hydrogens (primary N) is 1. The fourth-order valence-corrected chi connectivity index (χ4v) is 4.43. The van der Waals surface area contributed by atoms with Crippen molar-refractivity contribution in [3.05, 3.63) is 0 Å². The van der Waals surface area contributed by atoms with Gasteiger partial charge in [-0.25, -0.2) is 0 Å². The summed E-state index contributed by atoms with van der Waals surface area (Å²) in [5.74, 6) is 0. The monoisotopic (exact) mass is 281 g/mol. The van der Waals surface area contributed by atoms with Crippen LogP contribution in [-0.4, -0.2) is 54.1 Å². The largest absolute Gasteiger partial charge is 0.329 e. The van der Waals surface area contributed by atoms with Crippen LogP contribution < -0.4 is 5.73 Å². The fraction of sp³-hybridized carbons (Fsp3) is 1.00. The van der Waals surface area contributed by atoms with Crippen molar-refractivity contribution in [1.82, 2.24) is 9.80 Å². The Kier molecular flexibility index (Phi) is 5.14. The van der Waals surface area contributed by atoms with E-state index in [9.17, 15) is 0 Å². The van der Waals surface area contributed by atoms with Gasteiger partial charge in [0, 0.05) is 44.3 Å². The number of hydrogen-bond acceptors (Lipinski definition) is 3. The van der Waals surface area contributed by atoms with Crippen molar-refractivity contribution in [3.63, 3.8) is 0 Å². The quantitative estimate of drug-likeness (QED) is 0.860. The maximum atomic E-state index is 6.26. The summed E-state index contributed by atoms with van der Waals surface area (Å²) >= 11 is 0. The maximum Gasteiger partial charge on any atom is 0.0337 e. The van der Waals surface area contributed by atoms with Crippen LogP contribution in [0, 0.1) is 5.41 Å². The molecule has 1 heterocycles. The first kappa shape index (κ1) is 16.3. The summed E-state index contributed by atoms with van der Waals surface area (Å²) in [4.78, 5) is 5.38. The van der Waals surface area contributed by atoms with Gasteiger partial charge in [0.1, 0.15) is 0 Å². The predicted octanol–water partition coefficient (Wildman–Crippen LogP) is 2.70. The van der Waals surface area contributed by atoms with Gasteiger partial charge in [-0.3, -0.25) is 9.80 Å². The molecule has 2 fully saturated rings. The first-order valence-corrected chi connectivity index (χ1v) is 8.62. The molecule has 0 amide bonds. The molecular formula is C17H35N3. The van der Waals surface area contributed by atoms with E-state index in [1.807, 2.05) is 0 Å². The van der Waals surface area contributed by atoms with Gasteiger partial charge in [0.05, 0.1) is 0 Å². The van der Waals surface area contributed by atoms with Crippen molar-refractivity contribution in [3.8, 4) is 0 Å². The third kappa shape index (κ3) is 3.37. The van der Waals surface area contributed by atoms with E-state index in [0.717, 1.165) is 12.6 Å². The van der Waals surface area contributed by atoms with Crippen LogP contribution in [0.15, 0.2) is 0 Å². The standard InChI is InChI=1S/C17H35N3/c1-5-15(2)19-9-11-20(12-10-19)17(14-18)8-6-7-16(3,4)13-17/h15H,5-14,18H2,1-4H3. The van der Waals surface area contributed by atoms with E-state index >= 15 is 0 Å². The van der Waals surface area contributed by atoms with Crippen LogP contribution in [0.1, 0.15) is 59.8 Å². The summed E-state index contributed by atoms with van der Waals surface area (Å²) in [6.45, 7) is 15.2. The van der Waals surface area contributed by atoms with Gasteiger partial charge < -0.3 is 5.73 Å². The summed E-state index contributed by atoms with van der Waals surface area (Å²) in [7, 11) is 0. The lowest BCUT2D eigenvalue weighted by molar-refractivity contribution is -0.0256.